The summed E-state index contributed by atoms with van der Waals surface area (Å²) in [7, 11) is 1.52. The molecule has 0 saturated carbocycles. The number of nitrogens with one attached hydrogen (secondary N) is 2. The molecule has 0 fully saturated rings. The molecule has 2 amide bonds. The van der Waals surface area contributed by atoms with E-state index < -0.39 is 11.0 Å². The van der Waals surface area contributed by atoms with Crippen LogP contribution in [-0.2, 0) is 9.59 Å². The van der Waals surface area contributed by atoms with Crippen molar-refractivity contribution in [3.63, 3.8) is 0 Å². The van der Waals surface area contributed by atoms with Crippen LogP contribution in [0, 0.1) is 10.1 Å². The molecule has 0 aromatic heterocycles. The number of benzene rings is 2. The number of ether oxygens (including phenoxy) is 1. The van der Waals surface area contributed by atoms with Crippen LogP contribution < -0.4 is 20.3 Å². The predicted molar refractivity (Wildman–Crippen MR) is 98.9 cm³/mol. The van der Waals surface area contributed by atoms with Gasteiger partial charge in [0.25, 0.3) is 11.6 Å². The predicted octanol–water partition coefficient (Wildman–Crippen LogP) is 1.55. The molecule has 0 saturated heterocycles. The molecule has 9 heteroatoms. The number of non-ortho nitro benzene ring substituents is 1. The summed E-state index contributed by atoms with van der Waals surface area (Å²) in [6.07, 6.45) is -0.740. The second-order valence-electron chi connectivity index (χ2n) is 5.92. The number of rotatable bonds is 5. The van der Waals surface area contributed by atoms with Crippen LogP contribution in [0.3, 0.4) is 0 Å². The SMILES string of the molecule is CNC(=O)[C@H]1CN(CC(=O)Nc2cccc([N+](=O)[O-])c2)c2ccccc2O1. The average molecular weight is 370 g/mol. The summed E-state index contributed by atoms with van der Waals surface area (Å²) in [4.78, 5) is 36.5. The number of para-hydroxylation sites is 2. The first-order valence-electron chi connectivity index (χ1n) is 8.24. The van der Waals surface area contributed by atoms with E-state index >= 15 is 0 Å². The third kappa shape index (κ3) is 4.14. The van der Waals surface area contributed by atoms with Gasteiger partial charge in [-0.25, -0.2) is 0 Å². The lowest BCUT2D eigenvalue weighted by Crippen LogP contribution is -2.50. The zero-order valence-corrected chi connectivity index (χ0v) is 14.5. The fraction of sp³-hybridized carbons (Fsp3) is 0.222. The van der Waals surface area contributed by atoms with E-state index in [2.05, 4.69) is 10.6 Å². The highest BCUT2D eigenvalue weighted by Crippen LogP contribution is 2.33. The van der Waals surface area contributed by atoms with Crippen LogP contribution in [-0.4, -0.2) is 43.0 Å². The minimum atomic E-state index is -0.740. The number of hydrogen-bond acceptors (Lipinski definition) is 6. The number of hydrogen-bond donors (Lipinski definition) is 2. The van der Waals surface area contributed by atoms with E-state index in [4.69, 9.17) is 4.74 Å². The maximum atomic E-state index is 12.5. The first kappa shape index (κ1) is 18.2. The number of fused-ring (bicyclic) bond motifs is 1. The van der Waals surface area contributed by atoms with Crippen molar-refractivity contribution in [2.75, 3.05) is 30.4 Å². The van der Waals surface area contributed by atoms with Gasteiger partial charge in [-0.3, -0.25) is 19.7 Å². The van der Waals surface area contributed by atoms with Gasteiger partial charge in [-0.2, -0.15) is 0 Å². The molecule has 27 heavy (non-hydrogen) atoms. The van der Waals surface area contributed by atoms with Crippen LogP contribution in [0.5, 0.6) is 5.75 Å². The Balaban J connectivity index is 1.75. The number of carbonyl (C=O) groups is 2. The highest BCUT2D eigenvalue weighted by molar-refractivity contribution is 5.95. The van der Waals surface area contributed by atoms with Gasteiger partial charge in [0.2, 0.25) is 5.91 Å². The molecule has 1 aliphatic rings. The second kappa shape index (κ2) is 7.73. The Bertz CT molecular complexity index is 886. The van der Waals surface area contributed by atoms with Gasteiger partial charge in [0, 0.05) is 24.9 Å². The number of nitro groups is 1. The molecule has 0 bridgehead atoms. The van der Waals surface area contributed by atoms with Crippen LogP contribution in [0.2, 0.25) is 0 Å². The summed E-state index contributed by atoms with van der Waals surface area (Å²) in [6.45, 7) is 0.176. The number of nitrogens with zero attached hydrogens (tertiary/aromatic N) is 2. The molecule has 3 rings (SSSR count). The van der Waals surface area contributed by atoms with E-state index in [0.29, 0.717) is 17.1 Å². The minimum Gasteiger partial charge on any atom is -0.477 e. The lowest BCUT2D eigenvalue weighted by molar-refractivity contribution is -0.384. The van der Waals surface area contributed by atoms with Crippen molar-refractivity contribution in [2.45, 2.75) is 6.10 Å². The first-order chi connectivity index (χ1) is 13.0. The third-order valence-electron chi connectivity index (χ3n) is 4.08. The lowest BCUT2D eigenvalue weighted by atomic mass is 10.1. The van der Waals surface area contributed by atoms with Gasteiger partial charge in [0.15, 0.2) is 6.10 Å². The lowest BCUT2D eigenvalue weighted by Gasteiger charge is -2.34. The zero-order chi connectivity index (χ0) is 19.4. The molecular weight excluding hydrogens is 352 g/mol. The van der Waals surface area contributed by atoms with Gasteiger partial charge in [0.1, 0.15) is 5.75 Å². The highest BCUT2D eigenvalue weighted by Gasteiger charge is 2.31. The van der Waals surface area contributed by atoms with Crippen LogP contribution in [0.4, 0.5) is 17.1 Å². The second-order valence-corrected chi connectivity index (χ2v) is 5.92. The largest absolute Gasteiger partial charge is 0.477 e. The van der Waals surface area contributed by atoms with E-state index in [1.54, 1.807) is 29.2 Å². The molecule has 0 spiro atoms. The van der Waals surface area contributed by atoms with Crippen molar-refractivity contribution < 1.29 is 19.2 Å². The Morgan fingerprint density at radius 1 is 1.26 bits per heavy atom. The van der Waals surface area contributed by atoms with E-state index in [1.807, 2.05) is 6.07 Å². The summed E-state index contributed by atoms with van der Waals surface area (Å²) in [5, 5.41) is 16.0. The Hall–Kier alpha value is -3.62. The summed E-state index contributed by atoms with van der Waals surface area (Å²) in [5.41, 5.74) is 0.926. The molecule has 0 radical (unpaired) electrons. The molecular formula is C18H18N4O5. The molecule has 1 aliphatic heterocycles. The molecule has 140 valence electrons. The third-order valence-corrected chi connectivity index (χ3v) is 4.08. The van der Waals surface area contributed by atoms with E-state index in [9.17, 15) is 19.7 Å². The van der Waals surface area contributed by atoms with Crippen LogP contribution in [0.15, 0.2) is 48.5 Å². The fourth-order valence-corrected chi connectivity index (χ4v) is 2.83. The molecule has 9 nitrogen and oxygen atoms in total. The number of likely N-dealkylation sites (N-methyl/N-ethyl adjacent to an activating group) is 1. The zero-order valence-electron chi connectivity index (χ0n) is 14.5. The highest BCUT2D eigenvalue weighted by atomic mass is 16.6. The Morgan fingerprint density at radius 3 is 2.78 bits per heavy atom. The van der Waals surface area contributed by atoms with E-state index in [1.165, 1.54) is 25.2 Å². The summed E-state index contributed by atoms with van der Waals surface area (Å²) in [6, 6.07) is 12.8. The van der Waals surface area contributed by atoms with Crippen LogP contribution in [0.25, 0.3) is 0 Å². The van der Waals surface area contributed by atoms with Gasteiger partial charge in [-0.05, 0) is 18.2 Å². The maximum Gasteiger partial charge on any atom is 0.271 e. The van der Waals surface area contributed by atoms with Crippen LogP contribution >= 0.6 is 0 Å². The van der Waals surface area contributed by atoms with E-state index in [0.717, 1.165) is 0 Å². The normalized spacial score (nSPS) is 15.3. The average Bonchev–Trinajstić information content (AvgIpc) is 2.67. The summed E-state index contributed by atoms with van der Waals surface area (Å²) < 4.78 is 5.70. The van der Waals surface area contributed by atoms with Crippen molar-refractivity contribution in [3.8, 4) is 5.75 Å². The van der Waals surface area contributed by atoms with Gasteiger partial charge < -0.3 is 20.3 Å². The van der Waals surface area contributed by atoms with E-state index in [-0.39, 0.29) is 30.6 Å². The fourth-order valence-electron chi connectivity index (χ4n) is 2.83. The minimum absolute atomic E-state index is 0.0312. The van der Waals surface area contributed by atoms with Crippen molar-refractivity contribution >= 4 is 28.9 Å². The first-order valence-corrected chi connectivity index (χ1v) is 8.24. The Labute approximate surface area is 155 Å². The topological polar surface area (TPSA) is 114 Å². The quantitative estimate of drug-likeness (QED) is 0.610. The summed E-state index contributed by atoms with van der Waals surface area (Å²) >= 11 is 0. The molecule has 2 aromatic rings. The smallest absolute Gasteiger partial charge is 0.271 e. The molecule has 1 heterocycles. The number of nitro benzene ring substituents is 1. The Morgan fingerprint density at radius 2 is 2.04 bits per heavy atom. The van der Waals surface area contributed by atoms with Crippen molar-refractivity contribution in [1.82, 2.24) is 5.32 Å². The molecule has 2 aromatic carbocycles. The van der Waals surface area contributed by atoms with Gasteiger partial charge in [-0.1, -0.05) is 18.2 Å². The van der Waals surface area contributed by atoms with Gasteiger partial charge in [0.05, 0.1) is 23.7 Å². The van der Waals surface area contributed by atoms with Gasteiger partial charge in [-0.15, -0.1) is 0 Å². The monoisotopic (exact) mass is 370 g/mol. The van der Waals surface area contributed by atoms with Gasteiger partial charge >= 0.3 is 0 Å². The molecule has 2 N–H and O–H groups in total. The van der Waals surface area contributed by atoms with Crippen molar-refractivity contribution in [1.29, 1.82) is 0 Å². The Kier molecular flexibility index (Phi) is 5.20. The number of amides is 2. The number of carbonyl (C=O) groups excluding carboxylic acids is 2. The maximum absolute atomic E-state index is 12.5. The molecule has 0 unspecified atom stereocenters. The standard InChI is InChI=1S/C18H18N4O5/c1-19-18(24)16-10-21(14-7-2-3-8-15(14)27-16)11-17(23)20-12-5-4-6-13(9-12)22(25)26/h2-9,16H,10-11H2,1H3,(H,19,24)(H,20,23)/t16-/m1/s1. The molecule has 1 atom stereocenters. The van der Waals surface area contributed by atoms with Crippen LogP contribution in [0.1, 0.15) is 0 Å². The summed E-state index contributed by atoms with van der Waals surface area (Å²) in [5.74, 6) is -0.128. The van der Waals surface area contributed by atoms with Crippen molar-refractivity contribution in [3.05, 3.63) is 58.6 Å². The number of anilines is 2. The molecule has 0 aliphatic carbocycles. The van der Waals surface area contributed by atoms with Crippen molar-refractivity contribution in [2.24, 2.45) is 0 Å².